The Morgan fingerprint density at radius 2 is 2.41 bits per heavy atom. The van der Waals surface area contributed by atoms with Crippen LogP contribution in [-0.4, -0.2) is 35.1 Å². The Bertz CT molecular complexity index is 350. The summed E-state index contributed by atoms with van der Waals surface area (Å²) in [5.41, 5.74) is 1.15. The molecule has 0 aliphatic carbocycles. The molecular formula is C13H23N3S. The molecule has 1 saturated heterocycles. The van der Waals surface area contributed by atoms with Crippen molar-refractivity contribution in [3.63, 3.8) is 0 Å². The van der Waals surface area contributed by atoms with Crippen LogP contribution < -0.4 is 5.32 Å². The quantitative estimate of drug-likeness (QED) is 0.893. The zero-order valence-electron chi connectivity index (χ0n) is 11.1. The van der Waals surface area contributed by atoms with E-state index in [-0.39, 0.29) is 0 Å². The normalized spacial score (nSPS) is 26.3. The minimum absolute atomic E-state index is 0.601. The maximum Gasteiger partial charge on any atom is 0.107 e. The molecule has 4 heteroatoms. The van der Waals surface area contributed by atoms with Crippen molar-refractivity contribution in [2.45, 2.75) is 52.2 Å². The van der Waals surface area contributed by atoms with E-state index >= 15 is 0 Å². The van der Waals surface area contributed by atoms with Crippen molar-refractivity contribution in [1.29, 1.82) is 0 Å². The molecule has 1 aromatic rings. The van der Waals surface area contributed by atoms with Crippen molar-refractivity contribution in [1.82, 2.24) is 15.2 Å². The van der Waals surface area contributed by atoms with Gasteiger partial charge in [0.25, 0.3) is 0 Å². The van der Waals surface area contributed by atoms with Crippen LogP contribution in [-0.2, 0) is 6.54 Å². The predicted octanol–water partition coefficient (Wildman–Crippen LogP) is 2.41. The minimum Gasteiger partial charge on any atom is -0.311 e. The first-order valence-corrected chi connectivity index (χ1v) is 7.45. The van der Waals surface area contributed by atoms with Crippen LogP contribution in [0.15, 0.2) is 5.38 Å². The summed E-state index contributed by atoms with van der Waals surface area (Å²) in [5.74, 6) is 0. The zero-order valence-corrected chi connectivity index (χ0v) is 11.9. The third-order valence-corrected chi connectivity index (χ3v) is 4.30. The van der Waals surface area contributed by atoms with E-state index in [0.29, 0.717) is 12.1 Å². The van der Waals surface area contributed by atoms with Gasteiger partial charge >= 0.3 is 0 Å². The van der Waals surface area contributed by atoms with Crippen molar-refractivity contribution in [2.24, 2.45) is 0 Å². The van der Waals surface area contributed by atoms with Gasteiger partial charge < -0.3 is 5.32 Å². The fourth-order valence-corrected chi connectivity index (χ4v) is 3.29. The molecule has 17 heavy (non-hydrogen) atoms. The number of hydrogen-bond acceptors (Lipinski definition) is 4. The summed E-state index contributed by atoms with van der Waals surface area (Å²) >= 11 is 1.79. The molecule has 1 N–H and O–H groups in total. The van der Waals surface area contributed by atoms with Gasteiger partial charge in [-0.3, -0.25) is 4.90 Å². The molecule has 1 aliphatic rings. The molecule has 2 rings (SSSR count). The van der Waals surface area contributed by atoms with Gasteiger partial charge in [-0.2, -0.15) is 0 Å². The van der Waals surface area contributed by atoms with Gasteiger partial charge in [-0.25, -0.2) is 4.98 Å². The average Bonchev–Trinajstić information content (AvgIpc) is 2.68. The standard InChI is InChI=1S/C13H23N3S/c1-4-5-12-6-14-10(2)7-16(12)8-13-15-11(3)9-17-13/h9-10,12,14H,4-8H2,1-3H3. The lowest BCUT2D eigenvalue weighted by atomic mass is 10.1. The topological polar surface area (TPSA) is 28.2 Å². The van der Waals surface area contributed by atoms with Crippen molar-refractivity contribution < 1.29 is 0 Å². The smallest absolute Gasteiger partial charge is 0.107 e. The number of nitrogens with zero attached hydrogens (tertiary/aromatic N) is 2. The van der Waals surface area contributed by atoms with Crippen LogP contribution in [0.5, 0.6) is 0 Å². The van der Waals surface area contributed by atoms with Gasteiger partial charge in [0.2, 0.25) is 0 Å². The van der Waals surface area contributed by atoms with Crippen molar-refractivity contribution in [2.75, 3.05) is 13.1 Å². The Kier molecular flexibility index (Phi) is 4.54. The number of nitrogens with one attached hydrogen (secondary N) is 1. The van der Waals surface area contributed by atoms with E-state index < -0.39 is 0 Å². The lowest BCUT2D eigenvalue weighted by Gasteiger charge is -2.39. The summed E-state index contributed by atoms with van der Waals surface area (Å²) in [6.07, 6.45) is 2.54. The summed E-state index contributed by atoms with van der Waals surface area (Å²) in [7, 11) is 0. The van der Waals surface area contributed by atoms with Crippen molar-refractivity contribution in [3.8, 4) is 0 Å². The van der Waals surface area contributed by atoms with Crippen LogP contribution in [0.25, 0.3) is 0 Å². The van der Waals surface area contributed by atoms with E-state index in [1.54, 1.807) is 11.3 Å². The predicted molar refractivity (Wildman–Crippen MR) is 73.4 cm³/mol. The number of aromatic nitrogens is 1. The van der Waals surface area contributed by atoms with Crippen molar-refractivity contribution >= 4 is 11.3 Å². The molecule has 0 radical (unpaired) electrons. The Morgan fingerprint density at radius 1 is 1.59 bits per heavy atom. The summed E-state index contributed by atoms with van der Waals surface area (Å²) in [6.45, 7) is 9.90. The maximum atomic E-state index is 4.58. The van der Waals surface area contributed by atoms with E-state index in [4.69, 9.17) is 0 Å². The van der Waals surface area contributed by atoms with E-state index in [2.05, 4.69) is 41.4 Å². The van der Waals surface area contributed by atoms with Gasteiger partial charge in [0.05, 0.1) is 6.54 Å². The molecule has 96 valence electrons. The molecule has 1 aromatic heterocycles. The fraction of sp³-hybridized carbons (Fsp3) is 0.769. The number of hydrogen-bond donors (Lipinski definition) is 1. The number of piperazine rings is 1. The monoisotopic (exact) mass is 253 g/mol. The average molecular weight is 253 g/mol. The number of rotatable bonds is 4. The van der Waals surface area contributed by atoms with Crippen molar-refractivity contribution in [3.05, 3.63) is 16.1 Å². The van der Waals surface area contributed by atoms with Gasteiger partial charge in [0.15, 0.2) is 0 Å². The van der Waals surface area contributed by atoms with Gasteiger partial charge in [-0.1, -0.05) is 13.3 Å². The fourth-order valence-electron chi connectivity index (χ4n) is 2.49. The molecule has 1 aliphatic heterocycles. The molecule has 0 spiro atoms. The van der Waals surface area contributed by atoms with E-state index in [1.165, 1.54) is 17.8 Å². The molecule has 1 fully saturated rings. The van der Waals surface area contributed by atoms with Gasteiger partial charge in [0.1, 0.15) is 5.01 Å². The highest BCUT2D eigenvalue weighted by Crippen LogP contribution is 2.18. The largest absolute Gasteiger partial charge is 0.311 e. The maximum absolute atomic E-state index is 4.58. The van der Waals surface area contributed by atoms with Gasteiger partial charge in [-0.15, -0.1) is 11.3 Å². The molecule has 2 atom stereocenters. The number of aryl methyl sites for hydroxylation is 1. The van der Waals surface area contributed by atoms with Gasteiger partial charge in [0, 0.05) is 36.2 Å². The highest BCUT2D eigenvalue weighted by molar-refractivity contribution is 7.09. The summed E-state index contributed by atoms with van der Waals surface area (Å²) < 4.78 is 0. The molecule has 0 amide bonds. The second-order valence-corrected chi connectivity index (χ2v) is 6.01. The van der Waals surface area contributed by atoms with Crippen LogP contribution in [0.3, 0.4) is 0 Å². The summed E-state index contributed by atoms with van der Waals surface area (Å²) in [4.78, 5) is 7.18. The third kappa shape index (κ3) is 3.50. The summed E-state index contributed by atoms with van der Waals surface area (Å²) in [5, 5.41) is 6.99. The SMILES string of the molecule is CCCC1CNC(C)CN1Cc1nc(C)cs1. The lowest BCUT2D eigenvalue weighted by molar-refractivity contribution is 0.120. The highest BCUT2D eigenvalue weighted by atomic mass is 32.1. The second kappa shape index (κ2) is 5.94. The Balaban J connectivity index is 1.99. The zero-order chi connectivity index (χ0) is 12.3. The molecule has 0 bridgehead atoms. The van der Waals surface area contributed by atoms with Crippen LogP contribution in [0, 0.1) is 6.92 Å². The van der Waals surface area contributed by atoms with Crippen LogP contribution in [0.2, 0.25) is 0 Å². The summed E-state index contributed by atoms with van der Waals surface area (Å²) in [6, 6.07) is 1.28. The van der Waals surface area contributed by atoms with E-state index in [1.807, 2.05) is 0 Å². The Labute approximate surface area is 108 Å². The highest BCUT2D eigenvalue weighted by Gasteiger charge is 2.25. The minimum atomic E-state index is 0.601. The first kappa shape index (κ1) is 13.0. The van der Waals surface area contributed by atoms with Crippen LogP contribution >= 0.6 is 11.3 Å². The van der Waals surface area contributed by atoms with E-state index in [0.717, 1.165) is 25.3 Å². The van der Waals surface area contributed by atoms with Gasteiger partial charge in [-0.05, 0) is 20.3 Å². The first-order chi connectivity index (χ1) is 8.19. The molecule has 2 heterocycles. The van der Waals surface area contributed by atoms with Crippen LogP contribution in [0.4, 0.5) is 0 Å². The lowest BCUT2D eigenvalue weighted by Crippen LogP contribution is -2.54. The Hall–Kier alpha value is -0.450. The first-order valence-electron chi connectivity index (χ1n) is 6.57. The Morgan fingerprint density at radius 3 is 3.06 bits per heavy atom. The second-order valence-electron chi connectivity index (χ2n) is 5.06. The molecular weight excluding hydrogens is 230 g/mol. The molecule has 0 aromatic carbocycles. The molecule has 2 unspecified atom stereocenters. The molecule has 0 saturated carbocycles. The van der Waals surface area contributed by atoms with E-state index in [9.17, 15) is 0 Å². The molecule has 3 nitrogen and oxygen atoms in total. The third-order valence-electron chi connectivity index (χ3n) is 3.35. The van der Waals surface area contributed by atoms with Crippen LogP contribution in [0.1, 0.15) is 37.4 Å². The number of thiazole rings is 1.